The first kappa shape index (κ1) is 27.1. The highest BCUT2D eigenvalue weighted by molar-refractivity contribution is 6.02. The fraction of sp³-hybridized carbons (Fsp3) is 0.333. The summed E-state index contributed by atoms with van der Waals surface area (Å²) in [6.07, 6.45) is 1.80. The average molecular weight is 544 g/mol. The SMILES string of the molecule is COc1ccc(N(C(=O)Cn2nnc3ccccc32)[C@H](C(=O)NC[C@H]2CCCO2)c2ccccc2C)cc1OC. The molecule has 2 atom stereocenters. The van der Waals surface area contributed by atoms with Crippen LogP contribution in [0, 0.1) is 6.92 Å². The molecular formula is C30H33N5O5. The Hall–Kier alpha value is -4.44. The highest BCUT2D eigenvalue weighted by Crippen LogP contribution is 2.36. The van der Waals surface area contributed by atoms with Gasteiger partial charge in [0.2, 0.25) is 11.8 Å². The predicted octanol–water partition coefficient (Wildman–Crippen LogP) is 3.83. The standard InChI is InChI=1S/C30H33N5O5/c1-20-9-4-5-11-23(20)29(30(37)31-18-22-10-8-16-40-22)35(21-14-15-26(38-2)27(17-21)39-3)28(36)19-34-25-13-7-6-12-24(25)32-33-34/h4-7,9,11-15,17,22,29H,8,10,16,18-19H2,1-3H3,(H,31,37)/t22-,29+/m1/s1. The average Bonchev–Trinajstić information content (AvgIpc) is 3.65. The van der Waals surface area contributed by atoms with E-state index in [1.165, 1.54) is 12.0 Å². The zero-order valence-electron chi connectivity index (χ0n) is 22.9. The van der Waals surface area contributed by atoms with Crippen LogP contribution in [-0.2, 0) is 20.9 Å². The fourth-order valence-electron chi connectivity index (χ4n) is 5.06. The molecule has 2 heterocycles. The van der Waals surface area contributed by atoms with E-state index in [9.17, 15) is 9.59 Å². The molecule has 10 heteroatoms. The predicted molar refractivity (Wildman–Crippen MR) is 150 cm³/mol. The van der Waals surface area contributed by atoms with E-state index in [0.29, 0.717) is 41.4 Å². The molecule has 40 heavy (non-hydrogen) atoms. The van der Waals surface area contributed by atoms with Crippen LogP contribution < -0.4 is 19.7 Å². The van der Waals surface area contributed by atoms with E-state index in [-0.39, 0.29) is 24.5 Å². The molecule has 1 N–H and O–H groups in total. The van der Waals surface area contributed by atoms with Gasteiger partial charge >= 0.3 is 0 Å². The Bertz CT molecular complexity index is 1500. The minimum Gasteiger partial charge on any atom is -0.493 e. The molecule has 0 aliphatic carbocycles. The lowest BCUT2D eigenvalue weighted by molar-refractivity contribution is -0.127. The molecular weight excluding hydrogens is 510 g/mol. The van der Waals surface area contributed by atoms with Crippen molar-refractivity contribution in [2.45, 2.75) is 38.5 Å². The number of hydrogen-bond acceptors (Lipinski definition) is 7. The minimum absolute atomic E-state index is 0.0479. The summed E-state index contributed by atoms with van der Waals surface area (Å²) < 4.78 is 18.2. The maximum Gasteiger partial charge on any atom is 0.249 e. The molecule has 0 bridgehead atoms. The molecule has 1 fully saturated rings. The minimum atomic E-state index is -0.969. The zero-order chi connectivity index (χ0) is 28.1. The van der Waals surface area contributed by atoms with Crippen LogP contribution in [0.25, 0.3) is 11.0 Å². The van der Waals surface area contributed by atoms with Crippen molar-refractivity contribution in [2.24, 2.45) is 0 Å². The number of aromatic nitrogens is 3. The molecule has 3 aromatic carbocycles. The van der Waals surface area contributed by atoms with Crippen molar-refractivity contribution < 1.29 is 23.8 Å². The second-order valence-electron chi connectivity index (χ2n) is 9.68. The van der Waals surface area contributed by atoms with E-state index >= 15 is 0 Å². The van der Waals surface area contributed by atoms with Crippen LogP contribution in [0.15, 0.2) is 66.7 Å². The highest BCUT2D eigenvalue weighted by Gasteiger charge is 2.35. The second-order valence-corrected chi connectivity index (χ2v) is 9.68. The van der Waals surface area contributed by atoms with Crippen LogP contribution >= 0.6 is 0 Å². The van der Waals surface area contributed by atoms with Crippen molar-refractivity contribution in [3.05, 3.63) is 77.9 Å². The van der Waals surface area contributed by atoms with Gasteiger partial charge in [-0.25, -0.2) is 4.68 Å². The number of rotatable bonds is 10. The molecule has 208 valence electrons. The van der Waals surface area contributed by atoms with Crippen LogP contribution in [-0.4, -0.2) is 60.3 Å². The Morgan fingerprint density at radius 3 is 2.60 bits per heavy atom. The summed E-state index contributed by atoms with van der Waals surface area (Å²) in [7, 11) is 3.08. The third-order valence-corrected chi connectivity index (χ3v) is 7.14. The van der Waals surface area contributed by atoms with E-state index < -0.39 is 6.04 Å². The number of benzene rings is 3. The van der Waals surface area contributed by atoms with Crippen molar-refractivity contribution in [1.29, 1.82) is 0 Å². The summed E-state index contributed by atoms with van der Waals surface area (Å²) in [5.74, 6) is 0.295. The fourth-order valence-corrected chi connectivity index (χ4v) is 5.06. The van der Waals surface area contributed by atoms with E-state index in [1.807, 2.05) is 55.5 Å². The van der Waals surface area contributed by atoms with E-state index in [0.717, 1.165) is 23.9 Å². The number of carbonyl (C=O) groups is 2. The van der Waals surface area contributed by atoms with E-state index in [1.54, 1.807) is 30.0 Å². The number of nitrogens with zero attached hydrogens (tertiary/aromatic N) is 4. The lowest BCUT2D eigenvalue weighted by atomic mass is 9.98. The molecule has 0 radical (unpaired) electrons. The highest BCUT2D eigenvalue weighted by atomic mass is 16.5. The van der Waals surface area contributed by atoms with Crippen LogP contribution in [0.3, 0.4) is 0 Å². The molecule has 1 aliphatic heterocycles. The van der Waals surface area contributed by atoms with Crippen molar-refractivity contribution in [2.75, 3.05) is 32.3 Å². The first-order chi connectivity index (χ1) is 19.5. The number of methoxy groups -OCH3 is 2. The number of para-hydroxylation sites is 1. The van der Waals surface area contributed by atoms with Gasteiger partial charge in [-0.2, -0.15) is 0 Å². The quantitative estimate of drug-likeness (QED) is 0.324. The maximum atomic E-state index is 14.3. The molecule has 1 aromatic heterocycles. The summed E-state index contributed by atoms with van der Waals surface area (Å²) in [6.45, 7) is 2.85. The molecule has 1 saturated heterocycles. The molecule has 5 rings (SSSR count). The van der Waals surface area contributed by atoms with Gasteiger partial charge in [-0.15, -0.1) is 5.10 Å². The number of fused-ring (bicyclic) bond motifs is 1. The Labute approximate surface area is 232 Å². The van der Waals surface area contributed by atoms with Crippen molar-refractivity contribution >= 4 is 28.5 Å². The van der Waals surface area contributed by atoms with Crippen LogP contribution in [0.5, 0.6) is 11.5 Å². The molecule has 4 aromatic rings. The van der Waals surface area contributed by atoms with E-state index in [2.05, 4.69) is 15.6 Å². The maximum absolute atomic E-state index is 14.3. The van der Waals surface area contributed by atoms with Gasteiger partial charge in [-0.05, 0) is 55.2 Å². The number of ether oxygens (including phenoxy) is 3. The van der Waals surface area contributed by atoms with Crippen molar-refractivity contribution in [1.82, 2.24) is 20.3 Å². The van der Waals surface area contributed by atoms with Crippen molar-refractivity contribution in [3.8, 4) is 11.5 Å². The summed E-state index contributed by atoms with van der Waals surface area (Å²) in [6, 6.07) is 19.2. The summed E-state index contributed by atoms with van der Waals surface area (Å²) in [5, 5.41) is 11.5. The van der Waals surface area contributed by atoms with Crippen molar-refractivity contribution in [3.63, 3.8) is 0 Å². The number of aryl methyl sites for hydroxylation is 1. The van der Waals surface area contributed by atoms with Crippen LogP contribution in [0.2, 0.25) is 0 Å². The summed E-state index contributed by atoms with van der Waals surface area (Å²) >= 11 is 0. The number of anilines is 1. The number of carbonyl (C=O) groups excluding carboxylic acids is 2. The number of amides is 2. The molecule has 0 spiro atoms. The van der Waals surface area contributed by atoms with Gasteiger partial charge < -0.3 is 19.5 Å². The molecule has 10 nitrogen and oxygen atoms in total. The Morgan fingerprint density at radius 1 is 1.07 bits per heavy atom. The van der Waals surface area contributed by atoms with Gasteiger partial charge in [0.05, 0.1) is 25.8 Å². The van der Waals surface area contributed by atoms with Gasteiger partial charge in [0, 0.05) is 24.9 Å². The molecule has 1 aliphatic rings. The van der Waals surface area contributed by atoms with Crippen LogP contribution in [0.1, 0.15) is 30.0 Å². The molecule has 2 amide bonds. The normalized spacial score (nSPS) is 15.5. The third-order valence-electron chi connectivity index (χ3n) is 7.14. The largest absolute Gasteiger partial charge is 0.493 e. The van der Waals surface area contributed by atoms with Gasteiger partial charge in [-0.1, -0.05) is 41.6 Å². The topological polar surface area (TPSA) is 108 Å². The first-order valence-corrected chi connectivity index (χ1v) is 13.3. The molecule has 0 unspecified atom stereocenters. The van der Waals surface area contributed by atoms with Crippen LogP contribution in [0.4, 0.5) is 5.69 Å². The smallest absolute Gasteiger partial charge is 0.249 e. The van der Waals surface area contributed by atoms with E-state index in [4.69, 9.17) is 14.2 Å². The van der Waals surface area contributed by atoms with Gasteiger partial charge in [0.15, 0.2) is 11.5 Å². The summed E-state index contributed by atoms with van der Waals surface area (Å²) in [4.78, 5) is 29.8. The summed E-state index contributed by atoms with van der Waals surface area (Å²) in [5.41, 5.74) is 3.46. The van der Waals surface area contributed by atoms with Gasteiger partial charge in [-0.3, -0.25) is 14.5 Å². The molecule has 0 saturated carbocycles. The monoisotopic (exact) mass is 543 g/mol. The lowest BCUT2D eigenvalue weighted by Gasteiger charge is -2.33. The second kappa shape index (κ2) is 12.2. The van der Waals surface area contributed by atoms with Gasteiger partial charge in [0.1, 0.15) is 18.1 Å². The Balaban J connectivity index is 1.59. The number of nitrogens with one attached hydrogen (secondary N) is 1. The third kappa shape index (κ3) is 5.62. The van der Waals surface area contributed by atoms with Gasteiger partial charge in [0.25, 0.3) is 0 Å². The Kier molecular flexibility index (Phi) is 8.26. The first-order valence-electron chi connectivity index (χ1n) is 13.3. The number of hydrogen-bond donors (Lipinski definition) is 1. The lowest BCUT2D eigenvalue weighted by Crippen LogP contribution is -2.47. The zero-order valence-corrected chi connectivity index (χ0v) is 22.9. The Morgan fingerprint density at radius 2 is 1.85 bits per heavy atom.